The number of nitrogens with zero attached hydrogens (tertiary/aromatic N) is 2. The molecule has 0 fully saturated rings. The van der Waals surface area contributed by atoms with Crippen LogP contribution in [0.4, 0.5) is 0 Å². The van der Waals surface area contributed by atoms with Crippen molar-refractivity contribution in [3.8, 4) is 11.5 Å². The van der Waals surface area contributed by atoms with Crippen molar-refractivity contribution in [3.63, 3.8) is 0 Å². The van der Waals surface area contributed by atoms with Crippen molar-refractivity contribution in [1.29, 1.82) is 0 Å². The first kappa shape index (κ1) is 14.4. The molecule has 2 rings (SSSR count). The van der Waals surface area contributed by atoms with E-state index in [-0.39, 0.29) is 52.8 Å². The second-order valence-corrected chi connectivity index (χ2v) is 3.71. The Morgan fingerprint density at radius 1 is 1.12 bits per heavy atom. The van der Waals surface area contributed by atoms with Gasteiger partial charge in [-0.2, -0.15) is 0 Å². The third-order valence-corrected chi connectivity index (χ3v) is 2.79. The molecule has 16 heavy (non-hydrogen) atoms. The van der Waals surface area contributed by atoms with Gasteiger partial charge in [-0.3, -0.25) is 0 Å². The molecule has 2 aromatic rings. The number of ether oxygens (including phenoxy) is 2. The van der Waals surface area contributed by atoms with E-state index >= 15 is 0 Å². The van der Waals surface area contributed by atoms with E-state index in [1.807, 2.05) is 12.1 Å². The van der Waals surface area contributed by atoms with Gasteiger partial charge >= 0.3 is 147 Å². The normalized spacial score (nSPS) is 9.62. The zero-order valence-corrected chi connectivity index (χ0v) is 14.2. The Balaban J connectivity index is 0.00000128. The van der Waals surface area contributed by atoms with E-state index < -0.39 is 0 Å². The van der Waals surface area contributed by atoms with Crippen LogP contribution < -0.4 is 65.5 Å². The molecular weight excluding hydrogens is 298 g/mol. The van der Waals surface area contributed by atoms with E-state index in [4.69, 9.17) is 9.47 Å². The first-order chi connectivity index (χ1) is 7.26. The van der Waals surface area contributed by atoms with E-state index in [2.05, 4.69) is 26.0 Å². The van der Waals surface area contributed by atoms with Gasteiger partial charge in [-0.1, -0.05) is 0 Å². The van der Waals surface area contributed by atoms with Crippen LogP contribution in [0.1, 0.15) is 1.43 Å². The molecule has 1 heterocycles. The van der Waals surface area contributed by atoms with Gasteiger partial charge in [-0.15, -0.1) is 0 Å². The molecule has 1 aromatic carbocycles. The molecular formula is C10H10KN2O2Se. The van der Waals surface area contributed by atoms with Crippen LogP contribution in [0.3, 0.4) is 0 Å². The zero-order valence-electron chi connectivity index (χ0n) is 10.4. The molecule has 0 N–H and O–H groups in total. The molecule has 0 saturated heterocycles. The van der Waals surface area contributed by atoms with Gasteiger partial charge in [0.25, 0.3) is 0 Å². The van der Waals surface area contributed by atoms with E-state index in [0.717, 1.165) is 15.5 Å². The minimum Gasteiger partial charge on any atom is -1.00 e. The van der Waals surface area contributed by atoms with Crippen LogP contribution in [-0.4, -0.2) is 40.2 Å². The van der Waals surface area contributed by atoms with Gasteiger partial charge in [-0.05, 0) is 0 Å². The fraction of sp³-hybridized carbons (Fsp3) is 0.200. The summed E-state index contributed by atoms with van der Waals surface area (Å²) >= 11 is 2.89. The number of hydrogen-bond acceptors (Lipinski definition) is 4. The Morgan fingerprint density at radius 2 is 1.75 bits per heavy atom. The van der Waals surface area contributed by atoms with E-state index in [1.54, 1.807) is 14.2 Å². The molecule has 0 aliphatic carbocycles. The number of rotatable bonds is 2. The van der Waals surface area contributed by atoms with Gasteiger partial charge in [0.2, 0.25) is 0 Å². The number of fused-ring (bicyclic) bond motifs is 1. The molecule has 0 unspecified atom stereocenters. The Labute approximate surface area is 146 Å². The van der Waals surface area contributed by atoms with Gasteiger partial charge in [0.15, 0.2) is 0 Å². The Bertz CT molecular complexity index is 513. The van der Waals surface area contributed by atoms with E-state index in [9.17, 15) is 0 Å². The summed E-state index contributed by atoms with van der Waals surface area (Å²) in [4.78, 5) is 8.23. The summed E-state index contributed by atoms with van der Waals surface area (Å²) in [7, 11) is 3.20. The second-order valence-electron chi connectivity index (χ2n) is 2.90. The van der Waals surface area contributed by atoms with Crippen LogP contribution in [0, 0.1) is 0 Å². The molecule has 1 radical (unpaired) electrons. The van der Waals surface area contributed by atoms with Crippen LogP contribution in [0.25, 0.3) is 10.9 Å². The Morgan fingerprint density at radius 3 is 2.38 bits per heavy atom. The minimum absolute atomic E-state index is 0. The molecule has 0 spiro atoms. The van der Waals surface area contributed by atoms with Crippen LogP contribution in [-0.2, 0) is 0 Å². The smallest absolute Gasteiger partial charge is 1.00 e. The first-order valence-electron chi connectivity index (χ1n) is 4.30. The molecule has 0 atom stereocenters. The summed E-state index contributed by atoms with van der Waals surface area (Å²) in [6.07, 6.45) is 1.51. The molecule has 0 saturated carbocycles. The van der Waals surface area contributed by atoms with Crippen molar-refractivity contribution < 1.29 is 62.3 Å². The third-order valence-electron chi connectivity index (χ3n) is 2.10. The maximum atomic E-state index is 5.20. The van der Waals surface area contributed by atoms with Gasteiger partial charge in [0, 0.05) is 0 Å². The van der Waals surface area contributed by atoms with Gasteiger partial charge in [0.1, 0.15) is 0 Å². The predicted molar refractivity (Wildman–Crippen MR) is 59.1 cm³/mol. The minimum atomic E-state index is 0. The summed E-state index contributed by atoms with van der Waals surface area (Å²) in [5.41, 5.74) is 0.830. The van der Waals surface area contributed by atoms with Gasteiger partial charge < -0.3 is 1.43 Å². The maximum absolute atomic E-state index is 5.20. The van der Waals surface area contributed by atoms with E-state index in [1.165, 1.54) is 6.33 Å². The second kappa shape index (κ2) is 6.30. The maximum Gasteiger partial charge on any atom is 1.00 e. The monoisotopic (exact) mass is 309 g/mol. The fourth-order valence-electron chi connectivity index (χ4n) is 1.36. The van der Waals surface area contributed by atoms with Crippen LogP contribution in [0.5, 0.6) is 11.5 Å². The van der Waals surface area contributed by atoms with Gasteiger partial charge in [0.05, 0.1) is 0 Å². The number of aromatic nitrogens is 2. The molecule has 1 aromatic heterocycles. The fourth-order valence-corrected chi connectivity index (χ4v) is 1.80. The number of hydrogen-bond donors (Lipinski definition) is 0. The molecule has 4 nitrogen and oxygen atoms in total. The number of methoxy groups -OCH3 is 2. The zero-order chi connectivity index (χ0) is 10.8. The molecule has 6 heteroatoms. The standard InChI is InChI=1S/C10H9N2O2Se.K.H/c1-13-8-3-6-7(4-9(8)14-2)11-5-12-10(6)15;;/h3-5H,1-2H3;;/q;+1;-1. The largest absolute Gasteiger partial charge is 1.00 e. The number of benzene rings is 1. The molecule has 0 amide bonds. The average molecular weight is 308 g/mol. The van der Waals surface area contributed by atoms with Crippen LogP contribution >= 0.6 is 0 Å². The molecule has 0 bridgehead atoms. The van der Waals surface area contributed by atoms with Crippen molar-refractivity contribution in [2.45, 2.75) is 0 Å². The molecule has 0 aliphatic rings. The molecule has 0 aliphatic heterocycles. The summed E-state index contributed by atoms with van der Waals surface area (Å²) in [6.45, 7) is 0. The predicted octanol–water partition coefficient (Wildman–Crippen LogP) is -2.44. The summed E-state index contributed by atoms with van der Waals surface area (Å²) in [6, 6.07) is 3.69. The topological polar surface area (TPSA) is 44.2 Å². The van der Waals surface area contributed by atoms with Crippen molar-refractivity contribution in [2.75, 3.05) is 14.2 Å². The van der Waals surface area contributed by atoms with Gasteiger partial charge in [-0.25, -0.2) is 0 Å². The van der Waals surface area contributed by atoms with Crippen molar-refractivity contribution in [3.05, 3.63) is 18.5 Å². The first-order valence-corrected chi connectivity index (χ1v) is 5.15. The van der Waals surface area contributed by atoms with E-state index in [0.29, 0.717) is 11.5 Å². The average Bonchev–Trinajstić information content (AvgIpc) is 2.28. The SMILES string of the molecule is COc1cc2ncnc([Se])c2cc1OC.[H-].[K+]. The quantitative estimate of drug-likeness (QED) is 0.578. The summed E-state index contributed by atoms with van der Waals surface area (Å²) < 4.78 is 11.2. The summed E-state index contributed by atoms with van der Waals surface area (Å²) in [5, 5.41) is 0.926. The Hall–Kier alpha value is 0.316. The van der Waals surface area contributed by atoms with Crippen molar-refractivity contribution in [1.82, 2.24) is 9.97 Å². The summed E-state index contributed by atoms with van der Waals surface area (Å²) in [5.74, 6) is 1.35. The third kappa shape index (κ3) is 2.76. The van der Waals surface area contributed by atoms with Crippen LogP contribution in [0.15, 0.2) is 18.5 Å². The van der Waals surface area contributed by atoms with Crippen molar-refractivity contribution >= 4 is 31.5 Å². The van der Waals surface area contributed by atoms with Crippen LogP contribution in [0.2, 0.25) is 0 Å². The van der Waals surface area contributed by atoms with Crippen molar-refractivity contribution in [2.24, 2.45) is 0 Å². The Kier molecular flexibility index (Phi) is 5.66. The molecule has 79 valence electrons.